The van der Waals surface area contributed by atoms with Crippen LogP contribution >= 0.6 is 0 Å². The predicted octanol–water partition coefficient (Wildman–Crippen LogP) is 2.76. The standard InChI is InChI=1S/C14H10FN3O/c1-9(19)14-10(15)5-4-8-13(14)18-12-7-3-2-6-11(12)16-17-18/h2-8H,1H3. The highest BCUT2D eigenvalue weighted by atomic mass is 19.1. The summed E-state index contributed by atoms with van der Waals surface area (Å²) in [4.78, 5) is 11.6. The van der Waals surface area contributed by atoms with Crippen molar-refractivity contribution < 1.29 is 9.18 Å². The molecule has 19 heavy (non-hydrogen) atoms. The maximum Gasteiger partial charge on any atom is 0.164 e. The number of fused-ring (bicyclic) bond motifs is 1. The molecule has 0 amide bonds. The molecule has 0 spiro atoms. The van der Waals surface area contributed by atoms with E-state index in [1.54, 1.807) is 12.1 Å². The van der Waals surface area contributed by atoms with E-state index in [1.165, 1.54) is 17.7 Å². The van der Waals surface area contributed by atoms with Crippen LogP contribution in [-0.2, 0) is 0 Å². The summed E-state index contributed by atoms with van der Waals surface area (Å²) in [5.41, 5.74) is 1.86. The number of aromatic nitrogens is 3. The predicted molar refractivity (Wildman–Crippen MR) is 68.8 cm³/mol. The lowest BCUT2D eigenvalue weighted by Crippen LogP contribution is -2.07. The largest absolute Gasteiger partial charge is 0.294 e. The maximum absolute atomic E-state index is 13.8. The van der Waals surface area contributed by atoms with Gasteiger partial charge < -0.3 is 0 Å². The van der Waals surface area contributed by atoms with Crippen LogP contribution in [0.3, 0.4) is 0 Å². The molecule has 4 nitrogen and oxygen atoms in total. The minimum atomic E-state index is -0.551. The topological polar surface area (TPSA) is 47.8 Å². The fourth-order valence-corrected chi connectivity index (χ4v) is 2.08. The summed E-state index contributed by atoms with van der Waals surface area (Å²) < 4.78 is 15.3. The van der Waals surface area contributed by atoms with E-state index < -0.39 is 5.82 Å². The van der Waals surface area contributed by atoms with Gasteiger partial charge in [-0.25, -0.2) is 9.07 Å². The Kier molecular flexibility index (Phi) is 2.59. The smallest absolute Gasteiger partial charge is 0.164 e. The summed E-state index contributed by atoms with van der Waals surface area (Å²) in [5.74, 6) is -0.891. The summed E-state index contributed by atoms with van der Waals surface area (Å²) in [6.45, 7) is 1.33. The van der Waals surface area contributed by atoms with E-state index in [-0.39, 0.29) is 11.3 Å². The third-order valence-electron chi connectivity index (χ3n) is 2.92. The van der Waals surface area contributed by atoms with E-state index in [9.17, 15) is 9.18 Å². The highest BCUT2D eigenvalue weighted by Gasteiger charge is 2.16. The molecule has 0 saturated heterocycles. The lowest BCUT2D eigenvalue weighted by molar-refractivity contribution is 0.101. The maximum atomic E-state index is 13.8. The van der Waals surface area contributed by atoms with Crippen molar-refractivity contribution in [2.45, 2.75) is 6.92 Å². The van der Waals surface area contributed by atoms with Crippen molar-refractivity contribution in [3.8, 4) is 5.69 Å². The Labute approximate surface area is 108 Å². The van der Waals surface area contributed by atoms with E-state index in [4.69, 9.17) is 0 Å². The Balaban J connectivity index is 2.33. The van der Waals surface area contributed by atoms with Gasteiger partial charge in [0.2, 0.25) is 0 Å². The Hall–Kier alpha value is -2.56. The number of hydrogen-bond acceptors (Lipinski definition) is 3. The fraction of sp³-hybridized carbons (Fsp3) is 0.0714. The second kappa shape index (κ2) is 4.28. The molecule has 1 heterocycles. The van der Waals surface area contributed by atoms with Crippen molar-refractivity contribution >= 4 is 16.8 Å². The number of Topliss-reactive ketones (excluding diaryl/α,β-unsaturated/α-hetero) is 1. The van der Waals surface area contributed by atoms with Gasteiger partial charge in [0.05, 0.1) is 16.8 Å². The molecule has 0 aliphatic heterocycles. The monoisotopic (exact) mass is 255 g/mol. The summed E-state index contributed by atoms with van der Waals surface area (Å²) in [7, 11) is 0. The summed E-state index contributed by atoms with van der Waals surface area (Å²) >= 11 is 0. The first kappa shape index (κ1) is 11.5. The van der Waals surface area contributed by atoms with E-state index >= 15 is 0 Å². The van der Waals surface area contributed by atoms with Crippen LogP contribution in [0.15, 0.2) is 42.5 Å². The first-order valence-electron chi connectivity index (χ1n) is 5.79. The first-order valence-corrected chi connectivity index (χ1v) is 5.79. The van der Waals surface area contributed by atoms with Gasteiger partial charge in [0.15, 0.2) is 5.78 Å². The zero-order valence-corrected chi connectivity index (χ0v) is 10.2. The zero-order valence-electron chi connectivity index (χ0n) is 10.2. The lowest BCUT2D eigenvalue weighted by Gasteiger charge is -2.08. The molecule has 0 atom stereocenters. The molecule has 3 rings (SSSR count). The number of nitrogens with zero attached hydrogens (tertiary/aromatic N) is 3. The average Bonchev–Trinajstić information content (AvgIpc) is 2.81. The minimum Gasteiger partial charge on any atom is -0.294 e. The molecule has 0 bridgehead atoms. The molecular formula is C14H10FN3O. The molecule has 0 radical (unpaired) electrons. The van der Waals surface area contributed by atoms with Crippen molar-refractivity contribution in [1.82, 2.24) is 15.0 Å². The number of benzene rings is 2. The number of carbonyl (C=O) groups is 1. The molecule has 0 N–H and O–H groups in total. The Bertz CT molecular complexity index is 779. The van der Waals surface area contributed by atoms with Crippen LogP contribution in [0.4, 0.5) is 4.39 Å². The second-order valence-electron chi connectivity index (χ2n) is 4.18. The van der Waals surface area contributed by atoms with Crippen molar-refractivity contribution in [1.29, 1.82) is 0 Å². The molecule has 0 aliphatic rings. The molecule has 0 unspecified atom stereocenters. The third-order valence-corrected chi connectivity index (χ3v) is 2.92. The van der Waals surface area contributed by atoms with Gasteiger partial charge in [-0.05, 0) is 31.2 Å². The lowest BCUT2D eigenvalue weighted by atomic mass is 10.1. The van der Waals surface area contributed by atoms with Crippen LogP contribution < -0.4 is 0 Å². The number of rotatable bonds is 2. The van der Waals surface area contributed by atoms with Crippen LogP contribution in [0.2, 0.25) is 0 Å². The van der Waals surface area contributed by atoms with Gasteiger partial charge in [0.1, 0.15) is 11.3 Å². The van der Waals surface area contributed by atoms with Crippen LogP contribution in [-0.4, -0.2) is 20.8 Å². The van der Waals surface area contributed by atoms with Gasteiger partial charge in [-0.2, -0.15) is 0 Å². The van der Waals surface area contributed by atoms with Crippen LogP contribution in [0.1, 0.15) is 17.3 Å². The first-order chi connectivity index (χ1) is 9.18. The fourth-order valence-electron chi connectivity index (χ4n) is 2.08. The van der Waals surface area contributed by atoms with Gasteiger partial charge >= 0.3 is 0 Å². The molecule has 0 fully saturated rings. The highest BCUT2D eigenvalue weighted by Crippen LogP contribution is 2.21. The zero-order chi connectivity index (χ0) is 13.4. The summed E-state index contributed by atoms with van der Waals surface area (Å²) in [6.07, 6.45) is 0. The number of ketones is 1. The average molecular weight is 255 g/mol. The minimum absolute atomic E-state index is 0.0261. The van der Waals surface area contributed by atoms with E-state index in [0.717, 1.165) is 5.52 Å². The van der Waals surface area contributed by atoms with Gasteiger partial charge in [-0.1, -0.05) is 23.4 Å². The van der Waals surface area contributed by atoms with E-state index in [2.05, 4.69) is 10.3 Å². The van der Waals surface area contributed by atoms with Crippen LogP contribution in [0.5, 0.6) is 0 Å². The number of halogens is 1. The van der Waals surface area contributed by atoms with Gasteiger partial charge in [0, 0.05) is 0 Å². The van der Waals surface area contributed by atoms with Gasteiger partial charge in [-0.15, -0.1) is 5.10 Å². The van der Waals surface area contributed by atoms with Crippen molar-refractivity contribution in [3.05, 3.63) is 53.8 Å². The molecule has 1 aromatic heterocycles. The van der Waals surface area contributed by atoms with Crippen LogP contribution in [0.25, 0.3) is 16.7 Å². The second-order valence-corrected chi connectivity index (χ2v) is 4.18. The van der Waals surface area contributed by atoms with E-state index in [0.29, 0.717) is 11.2 Å². The number of hydrogen-bond donors (Lipinski definition) is 0. The SMILES string of the molecule is CC(=O)c1c(F)cccc1-n1nnc2ccccc21. The van der Waals surface area contributed by atoms with Gasteiger partial charge in [-0.3, -0.25) is 4.79 Å². The quantitative estimate of drug-likeness (QED) is 0.661. The Morgan fingerprint density at radius 2 is 1.95 bits per heavy atom. The highest BCUT2D eigenvalue weighted by molar-refractivity contribution is 5.98. The molecule has 3 aromatic rings. The van der Waals surface area contributed by atoms with Crippen molar-refractivity contribution in [2.75, 3.05) is 0 Å². The Morgan fingerprint density at radius 3 is 2.74 bits per heavy atom. The molecule has 94 valence electrons. The molecule has 2 aromatic carbocycles. The molecule has 0 aliphatic carbocycles. The molecule has 0 saturated carbocycles. The van der Waals surface area contributed by atoms with Crippen LogP contribution in [0, 0.1) is 5.82 Å². The molecule has 5 heteroatoms. The number of para-hydroxylation sites is 1. The number of carbonyl (C=O) groups excluding carboxylic acids is 1. The normalized spacial score (nSPS) is 10.8. The van der Waals surface area contributed by atoms with Crippen molar-refractivity contribution in [3.63, 3.8) is 0 Å². The van der Waals surface area contributed by atoms with Gasteiger partial charge in [0.25, 0.3) is 0 Å². The molecular weight excluding hydrogens is 245 g/mol. The summed E-state index contributed by atoms with van der Waals surface area (Å²) in [5, 5.41) is 8.00. The summed E-state index contributed by atoms with van der Waals surface area (Å²) in [6, 6.07) is 11.8. The Morgan fingerprint density at radius 1 is 1.16 bits per heavy atom. The van der Waals surface area contributed by atoms with Crippen molar-refractivity contribution in [2.24, 2.45) is 0 Å². The third kappa shape index (κ3) is 1.79. The van der Waals surface area contributed by atoms with E-state index in [1.807, 2.05) is 24.3 Å².